The Bertz CT molecular complexity index is 1350. The summed E-state index contributed by atoms with van der Waals surface area (Å²) in [5.41, 5.74) is -1.12. The van der Waals surface area contributed by atoms with Gasteiger partial charge >= 0.3 is 12.1 Å². The highest BCUT2D eigenvalue weighted by molar-refractivity contribution is 7.90. The van der Waals surface area contributed by atoms with E-state index in [0.29, 0.717) is 36.4 Å². The zero-order valence-electron chi connectivity index (χ0n) is 18.7. The van der Waals surface area contributed by atoms with E-state index in [1.165, 1.54) is 32.0 Å². The van der Waals surface area contributed by atoms with E-state index in [1.807, 2.05) is 11.9 Å². The number of hydrogen-bond acceptors (Lipinski definition) is 6. The van der Waals surface area contributed by atoms with Gasteiger partial charge in [0.25, 0.3) is 10.0 Å². The zero-order chi connectivity index (χ0) is 24.9. The standard InChI is InChI=1S/C23H23F3N2O5S/c1-22(2,33-21(29)23(24,25)26)20-13-16-17-14-27(3)11-12-32-19(17)10-9-18(16)28(20)34(30,31)15-7-5-4-6-8-15/h4-10,13H,11-12,14H2,1-3H3. The van der Waals surface area contributed by atoms with Crippen molar-refractivity contribution in [2.24, 2.45) is 0 Å². The van der Waals surface area contributed by atoms with Gasteiger partial charge in [-0.3, -0.25) is 4.90 Å². The summed E-state index contributed by atoms with van der Waals surface area (Å²) < 4.78 is 78.0. The molecule has 0 radical (unpaired) electrons. The first-order chi connectivity index (χ1) is 15.8. The Hall–Kier alpha value is -3.05. The minimum Gasteiger partial charge on any atom is -0.492 e. The fourth-order valence-electron chi connectivity index (χ4n) is 3.97. The second-order valence-electron chi connectivity index (χ2n) is 8.57. The quantitative estimate of drug-likeness (QED) is 0.508. The van der Waals surface area contributed by atoms with Crippen LogP contribution in [-0.4, -0.2) is 49.6 Å². The van der Waals surface area contributed by atoms with E-state index in [9.17, 15) is 26.4 Å². The third kappa shape index (κ3) is 4.25. The first-order valence-corrected chi connectivity index (χ1v) is 11.9. The van der Waals surface area contributed by atoms with Gasteiger partial charge in [-0.25, -0.2) is 17.2 Å². The van der Waals surface area contributed by atoms with Crippen LogP contribution in [0.1, 0.15) is 25.1 Å². The number of fused-ring (bicyclic) bond motifs is 3. The third-order valence-electron chi connectivity index (χ3n) is 5.65. The number of likely N-dealkylation sites (N-methyl/N-ethyl adjacent to an activating group) is 1. The second kappa shape index (κ2) is 8.31. The highest BCUT2D eigenvalue weighted by atomic mass is 32.2. The first-order valence-electron chi connectivity index (χ1n) is 10.4. The summed E-state index contributed by atoms with van der Waals surface area (Å²) in [6.07, 6.45) is -5.24. The van der Waals surface area contributed by atoms with E-state index in [4.69, 9.17) is 9.47 Å². The lowest BCUT2D eigenvalue weighted by molar-refractivity contribution is -0.212. The summed E-state index contributed by atoms with van der Waals surface area (Å²) in [4.78, 5) is 13.6. The Labute approximate surface area is 194 Å². The van der Waals surface area contributed by atoms with Gasteiger partial charge in [0.2, 0.25) is 0 Å². The summed E-state index contributed by atoms with van der Waals surface area (Å²) in [5, 5.41) is 0.483. The lowest BCUT2D eigenvalue weighted by Gasteiger charge is -2.27. The van der Waals surface area contributed by atoms with Crippen LogP contribution < -0.4 is 4.74 Å². The van der Waals surface area contributed by atoms with Crippen molar-refractivity contribution in [2.75, 3.05) is 20.2 Å². The van der Waals surface area contributed by atoms with Gasteiger partial charge in [0.1, 0.15) is 18.0 Å². The molecule has 1 aromatic heterocycles. The average molecular weight is 497 g/mol. The molecule has 0 aliphatic carbocycles. The second-order valence-corrected chi connectivity index (χ2v) is 10.4. The van der Waals surface area contributed by atoms with Gasteiger partial charge in [-0.2, -0.15) is 13.2 Å². The predicted molar refractivity (Wildman–Crippen MR) is 118 cm³/mol. The van der Waals surface area contributed by atoms with Crippen molar-refractivity contribution in [1.29, 1.82) is 0 Å². The molecule has 1 aliphatic rings. The van der Waals surface area contributed by atoms with E-state index in [-0.39, 0.29) is 16.1 Å². The van der Waals surface area contributed by atoms with Crippen LogP contribution in [0.15, 0.2) is 53.4 Å². The van der Waals surface area contributed by atoms with Gasteiger partial charge in [0.15, 0.2) is 0 Å². The molecule has 3 aromatic rings. The molecule has 182 valence electrons. The molecule has 4 rings (SSSR count). The molecular formula is C23H23F3N2O5S. The maximum atomic E-state index is 13.7. The van der Waals surface area contributed by atoms with Crippen LogP contribution in [0.3, 0.4) is 0 Å². The average Bonchev–Trinajstić information content (AvgIpc) is 3.07. The Morgan fingerprint density at radius 1 is 1.09 bits per heavy atom. The zero-order valence-corrected chi connectivity index (χ0v) is 19.5. The maximum absolute atomic E-state index is 13.7. The van der Waals surface area contributed by atoms with E-state index in [2.05, 4.69) is 0 Å². The molecule has 7 nitrogen and oxygen atoms in total. The summed E-state index contributed by atoms with van der Waals surface area (Å²) in [6, 6.07) is 12.2. The van der Waals surface area contributed by atoms with Crippen molar-refractivity contribution in [3.63, 3.8) is 0 Å². The highest BCUT2D eigenvalue weighted by Crippen LogP contribution is 2.39. The minimum absolute atomic E-state index is 0.0602. The number of ether oxygens (including phenoxy) is 2. The minimum atomic E-state index is -5.24. The Kier molecular flexibility index (Phi) is 5.89. The molecule has 0 atom stereocenters. The fraction of sp³-hybridized carbons (Fsp3) is 0.348. The number of aromatic nitrogens is 1. The molecule has 0 N–H and O–H groups in total. The molecule has 0 amide bonds. The Morgan fingerprint density at radius 3 is 2.41 bits per heavy atom. The molecule has 0 fully saturated rings. The van der Waals surface area contributed by atoms with Gasteiger partial charge in [0, 0.05) is 24.0 Å². The molecule has 0 spiro atoms. The van der Waals surface area contributed by atoms with Crippen molar-refractivity contribution < 1.29 is 35.9 Å². The summed E-state index contributed by atoms with van der Waals surface area (Å²) in [6.45, 7) is 3.96. The van der Waals surface area contributed by atoms with Crippen LogP contribution in [-0.2, 0) is 31.7 Å². The molecule has 11 heteroatoms. The largest absolute Gasteiger partial charge is 0.492 e. The number of halogens is 3. The molecular weight excluding hydrogens is 473 g/mol. The van der Waals surface area contributed by atoms with E-state index in [1.54, 1.807) is 30.3 Å². The lowest BCUT2D eigenvalue weighted by Crippen LogP contribution is -2.36. The highest BCUT2D eigenvalue weighted by Gasteiger charge is 2.46. The van der Waals surface area contributed by atoms with Gasteiger partial charge in [0.05, 0.1) is 16.1 Å². The van der Waals surface area contributed by atoms with Gasteiger partial charge < -0.3 is 9.47 Å². The van der Waals surface area contributed by atoms with Crippen LogP contribution in [0.5, 0.6) is 5.75 Å². The first kappa shape index (κ1) is 24.1. The van der Waals surface area contributed by atoms with Gasteiger partial charge in [-0.1, -0.05) is 18.2 Å². The molecule has 2 aromatic carbocycles. The van der Waals surface area contributed by atoms with Crippen LogP contribution in [0.2, 0.25) is 0 Å². The SMILES string of the molecule is CN1CCOc2ccc3c(cc(C(C)(C)OC(=O)C(F)(F)F)n3S(=O)(=O)c3ccccc3)c2C1. The van der Waals surface area contributed by atoms with Crippen LogP contribution in [0, 0.1) is 0 Å². The number of hydrogen-bond donors (Lipinski definition) is 0. The molecule has 1 aliphatic heterocycles. The summed E-state index contributed by atoms with van der Waals surface area (Å²) in [5.74, 6) is -1.85. The normalized spacial score (nSPS) is 15.5. The van der Waals surface area contributed by atoms with Crippen LogP contribution >= 0.6 is 0 Å². The third-order valence-corrected chi connectivity index (χ3v) is 7.39. The number of carbonyl (C=O) groups excluding carboxylic acids is 1. The van der Waals surface area contributed by atoms with E-state index < -0.39 is 27.8 Å². The number of rotatable bonds is 4. The number of alkyl halides is 3. The van der Waals surface area contributed by atoms with Crippen molar-refractivity contribution in [3.05, 3.63) is 59.8 Å². The fourth-order valence-corrected chi connectivity index (χ4v) is 5.63. The number of carbonyl (C=O) groups is 1. The number of benzene rings is 2. The van der Waals surface area contributed by atoms with Crippen molar-refractivity contribution >= 4 is 26.9 Å². The van der Waals surface area contributed by atoms with E-state index >= 15 is 0 Å². The monoisotopic (exact) mass is 496 g/mol. The molecule has 0 unspecified atom stereocenters. The van der Waals surface area contributed by atoms with E-state index in [0.717, 1.165) is 3.97 Å². The van der Waals surface area contributed by atoms with Crippen LogP contribution in [0.25, 0.3) is 10.9 Å². The van der Waals surface area contributed by atoms with Crippen LogP contribution in [0.4, 0.5) is 13.2 Å². The summed E-state index contributed by atoms with van der Waals surface area (Å²) >= 11 is 0. The van der Waals surface area contributed by atoms with Gasteiger partial charge in [-0.15, -0.1) is 0 Å². The van der Waals surface area contributed by atoms with Crippen molar-refractivity contribution in [1.82, 2.24) is 8.87 Å². The topological polar surface area (TPSA) is 77.8 Å². The molecule has 34 heavy (non-hydrogen) atoms. The Morgan fingerprint density at radius 2 is 1.76 bits per heavy atom. The summed E-state index contributed by atoms with van der Waals surface area (Å²) in [7, 11) is -2.39. The molecule has 0 saturated carbocycles. The molecule has 0 saturated heterocycles. The van der Waals surface area contributed by atoms with Crippen molar-refractivity contribution in [2.45, 2.75) is 37.1 Å². The lowest BCUT2D eigenvalue weighted by atomic mass is 10.0. The molecule has 2 heterocycles. The van der Waals surface area contributed by atoms with Gasteiger partial charge in [-0.05, 0) is 51.2 Å². The van der Waals surface area contributed by atoms with Crippen molar-refractivity contribution in [3.8, 4) is 5.75 Å². The smallest absolute Gasteiger partial charge is 0.490 e. The number of nitrogens with zero attached hydrogens (tertiary/aromatic N) is 2. The maximum Gasteiger partial charge on any atom is 0.490 e. The molecule has 0 bridgehead atoms. The Balaban J connectivity index is 2.01. The number of esters is 1. The predicted octanol–water partition coefficient (Wildman–Crippen LogP) is 4.04.